The normalized spacial score (nSPS) is 11.8. The topological polar surface area (TPSA) is 70.1 Å². The van der Waals surface area contributed by atoms with Gasteiger partial charge in [0.15, 0.2) is 0 Å². The molecule has 1 unspecified atom stereocenters. The van der Waals surface area contributed by atoms with Crippen molar-refractivity contribution >= 4 is 17.5 Å². The molecule has 0 spiro atoms. The minimum atomic E-state index is -0.311. The summed E-state index contributed by atoms with van der Waals surface area (Å²) in [5.41, 5.74) is 1.01. The first kappa shape index (κ1) is 16.2. The van der Waals surface area contributed by atoms with Crippen molar-refractivity contribution in [3.8, 4) is 0 Å². The number of amides is 1. The van der Waals surface area contributed by atoms with Gasteiger partial charge in [0.1, 0.15) is 24.0 Å². The summed E-state index contributed by atoms with van der Waals surface area (Å²) in [5.74, 6) is 1.61. The Bertz CT molecular complexity index is 449. The first-order chi connectivity index (χ1) is 9.54. The smallest absolute Gasteiger partial charge is 0.244 e. The fraction of sp³-hybridized carbons (Fsp3) is 0.643. The number of carbonyl (C=O) groups is 1. The number of hydrogen-bond acceptors (Lipinski definition) is 5. The summed E-state index contributed by atoms with van der Waals surface area (Å²) < 4.78 is 0. The third-order valence-corrected chi connectivity index (χ3v) is 3.22. The van der Waals surface area contributed by atoms with E-state index in [1.54, 1.807) is 11.9 Å². The fourth-order valence-corrected chi connectivity index (χ4v) is 1.94. The highest BCUT2D eigenvalue weighted by molar-refractivity contribution is 5.84. The Morgan fingerprint density at radius 2 is 1.95 bits per heavy atom. The van der Waals surface area contributed by atoms with Crippen molar-refractivity contribution in [2.24, 2.45) is 0 Å². The Labute approximate surface area is 121 Å². The van der Waals surface area contributed by atoms with Gasteiger partial charge in [-0.3, -0.25) is 4.79 Å². The lowest BCUT2D eigenvalue weighted by Crippen LogP contribution is -2.39. The maximum absolute atomic E-state index is 12.1. The number of rotatable bonds is 7. The van der Waals surface area contributed by atoms with Crippen LogP contribution in [0, 0.1) is 0 Å². The summed E-state index contributed by atoms with van der Waals surface area (Å²) in [6, 6.07) is -0.311. The summed E-state index contributed by atoms with van der Waals surface area (Å²) in [6.07, 6.45) is 2.32. The third-order valence-electron chi connectivity index (χ3n) is 3.22. The first-order valence-corrected chi connectivity index (χ1v) is 7.14. The molecule has 0 saturated carbocycles. The van der Waals surface area contributed by atoms with E-state index in [2.05, 4.69) is 27.5 Å². The van der Waals surface area contributed by atoms with Crippen LogP contribution in [0.25, 0.3) is 0 Å². The molecule has 112 valence electrons. The summed E-state index contributed by atoms with van der Waals surface area (Å²) in [7, 11) is 1.80. The predicted octanol–water partition coefficient (Wildman–Crippen LogP) is 1.75. The molecule has 0 aliphatic carbocycles. The first-order valence-electron chi connectivity index (χ1n) is 7.14. The largest absolute Gasteiger partial charge is 0.370 e. The highest BCUT2D eigenvalue weighted by atomic mass is 16.2. The molecule has 1 aromatic heterocycles. The standard InChI is InChI=1S/C14H25N5O/c1-6-11-12(15-7-2)16-9-17-13(11)18-10(4)14(20)19(5)8-3/h9-10H,6-8H2,1-5H3,(H2,15,16,17,18). The molecule has 0 fully saturated rings. The van der Waals surface area contributed by atoms with Crippen molar-refractivity contribution in [3.63, 3.8) is 0 Å². The zero-order valence-corrected chi connectivity index (χ0v) is 13.0. The highest BCUT2D eigenvalue weighted by Gasteiger charge is 2.18. The summed E-state index contributed by atoms with van der Waals surface area (Å²) >= 11 is 0. The van der Waals surface area contributed by atoms with Crippen LogP contribution < -0.4 is 10.6 Å². The number of aromatic nitrogens is 2. The molecule has 0 saturated heterocycles. The van der Waals surface area contributed by atoms with Gasteiger partial charge in [0.2, 0.25) is 5.91 Å². The zero-order valence-electron chi connectivity index (χ0n) is 13.0. The number of carbonyl (C=O) groups excluding carboxylic acids is 1. The molecule has 2 N–H and O–H groups in total. The van der Waals surface area contributed by atoms with E-state index >= 15 is 0 Å². The van der Waals surface area contributed by atoms with Crippen LogP contribution in [0.4, 0.5) is 11.6 Å². The van der Waals surface area contributed by atoms with Gasteiger partial charge >= 0.3 is 0 Å². The van der Waals surface area contributed by atoms with E-state index in [0.29, 0.717) is 6.54 Å². The van der Waals surface area contributed by atoms with E-state index < -0.39 is 0 Å². The van der Waals surface area contributed by atoms with Crippen LogP contribution in [-0.2, 0) is 11.2 Å². The summed E-state index contributed by atoms with van der Waals surface area (Å²) in [5, 5.41) is 6.41. The molecule has 1 heterocycles. The third kappa shape index (κ3) is 3.82. The van der Waals surface area contributed by atoms with E-state index in [4.69, 9.17) is 0 Å². The Hall–Kier alpha value is -1.85. The van der Waals surface area contributed by atoms with Crippen LogP contribution in [0.1, 0.15) is 33.3 Å². The van der Waals surface area contributed by atoms with E-state index in [1.807, 2.05) is 20.8 Å². The van der Waals surface area contributed by atoms with Gasteiger partial charge < -0.3 is 15.5 Å². The predicted molar refractivity (Wildman–Crippen MR) is 82.0 cm³/mol. The van der Waals surface area contributed by atoms with Gasteiger partial charge in [-0.1, -0.05) is 6.92 Å². The van der Waals surface area contributed by atoms with Gasteiger partial charge in [0.25, 0.3) is 0 Å². The van der Waals surface area contributed by atoms with Crippen LogP contribution >= 0.6 is 0 Å². The average Bonchev–Trinajstić information content (AvgIpc) is 2.46. The van der Waals surface area contributed by atoms with Gasteiger partial charge in [-0.25, -0.2) is 9.97 Å². The van der Waals surface area contributed by atoms with Gasteiger partial charge in [-0.05, 0) is 27.2 Å². The lowest BCUT2D eigenvalue weighted by atomic mass is 10.2. The molecule has 20 heavy (non-hydrogen) atoms. The van der Waals surface area contributed by atoms with Gasteiger partial charge in [0.05, 0.1) is 0 Å². The second-order valence-electron chi connectivity index (χ2n) is 4.65. The molecule has 0 radical (unpaired) electrons. The molecule has 1 atom stereocenters. The van der Waals surface area contributed by atoms with Crippen LogP contribution in [0.15, 0.2) is 6.33 Å². The van der Waals surface area contributed by atoms with E-state index in [1.165, 1.54) is 6.33 Å². The Morgan fingerprint density at radius 1 is 1.30 bits per heavy atom. The fourth-order valence-electron chi connectivity index (χ4n) is 1.94. The van der Waals surface area contributed by atoms with Crippen LogP contribution in [0.3, 0.4) is 0 Å². The van der Waals surface area contributed by atoms with Crippen LogP contribution in [-0.4, -0.2) is 47.0 Å². The second-order valence-corrected chi connectivity index (χ2v) is 4.65. The number of likely N-dealkylation sites (N-methyl/N-ethyl adjacent to an activating group) is 1. The zero-order chi connectivity index (χ0) is 15.1. The van der Waals surface area contributed by atoms with Crippen LogP contribution in [0.5, 0.6) is 0 Å². The van der Waals surface area contributed by atoms with Gasteiger partial charge in [0, 0.05) is 25.7 Å². The minimum Gasteiger partial charge on any atom is -0.370 e. The maximum Gasteiger partial charge on any atom is 0.244 e. The Balaban J connectivity index is 2.91. The van der Waals surface area contributed by atoms with Crippen molar-refractivity contribution < 1.29 is 4.79 Å². The molecular weight excluding hydrogens is 254 g/mol. The summed E-state index contributed by atoms with van der Waals surface area (Å²) in [4.78, 5) is 22.3. The van der Waals surface area contributed by atoms with Gasteiger partial charge in [-0.15, -0.1) is 0 Å². The van der Waals surface area contributed by atoms with Crippen LogP contribution in [0.2, 0.25) is 0 Å². The van der Waals surface area contributed by atoms with E-state index in [0.717, 1.165) is 30.2 Å². The number of nitrogens with one attached hydrogen (secondary N) is 2. The number of hydrogen-bond donors (Lipinski definition) is 2. The summed E-state index contributed by atoms with van der Waals surface area (Å²) in [6.45, 7) is 9.37. The molecule has 6 heteroatoms. The average molecular weight is 279 g/mol. The molecular formula is C14H25N5O. The quantitative estimate of drug-likeness (QED) is 0.795. The molecule has 6 nitrogen and oxygen atoms in total. The van der Waals surface area contributed by atoms with Gasteiger partial charge in [-0.2, -0.15) is 0 Å². The molecule has 1 rings (SSSR count). The molecule has 1 aromatic rings. The molecule has 0 aromatic carbocycles. The molecule has 0 bridgehead atoms. The number of anilines is 2. The second kappa shape index (κ2) is 7.67. The van der Waals surface area contributed by atoms with Crippen molar-refractivity contribution in [2.75, 3.05) is 30.8 Å². The molecule has 0 aliphatic rings. The SMILES string of the molecule is CCNc1ncnc(NC(C)C(=O)N(C)CC)c1CC. The molecule has 0 aliphatic heterocycles. The Morgan fingerprint density at radius 3 is 2.50 bits per heavy atom. The van der Waals surface area contributed by atoms with Crippen molar-refractivity contribution in [3.05, 3.63) is 11.9 Å². The Kier molecular flexibility index (Phi) is 6.21. The molecule has 1 amide bonds. The van der Waals surface area contributed by atoms with Crippen molar-refractivity contribution in [1.82, 2.24) is 14.9 Å². The number of nitrogens with zero attached hydrogens (tertiary/aromatic N) is 3. The van der Waals surface area contributed by atoms with E-state index in [9.17, 15) is 4.79 Å². The van der Waals surface area contributed by atoms with Crippen molar-refractivity contribution in [2.45, 2.75) is 40.2 Å². The monoisotopic (exact) mass is 279 g/mol. The minimum absolute atomic E-state index is 0.0539. The van der Waals surface area contributed by atoms with E-state index in [-0.39, 0.29) is 11.9 Å². The maximum atomic E-state index is 12.1. The lowest BCUT2D eigenvalue weighted by Gasteiger charge is -2.22. The van der Waals surface area contributed by atoms with Crippen molar-refractivity contribution in [1.29, 1.82) is 0 Å². The lowest BCUT2D eigenvalue weighted by molar-refractivity contribution is -0.130. The highest BCUT2D eigenvalue weighted by Crippen LogP contribution is 2.21.